The van der Waals surface area contributed by atoms with Crippen molar-refractivity contribution >= 4 is 29.2 Å². The molecule has 0 radical (unpaired) electrons. The van der Waals surface area contributed by atoms with Crippen LogP contribution in [-0.2, 0) is 14.3 Å². The van der Waals surface area contributed by atoms with Crippen LogP contribution in [0.5, 0.6) is 0 Å². The summed E-state index contributed by atoms with van der Waals surface area (Å²) >= 11 is 5.91. The molecule has 0 bridgehead atoms. The standard InChI is InChI=1S/C13H17ClN2O3/c1-2-19-13(18)7-8-15-9-12(17)16-11-6-4-3-5-10(11)14/h3-6,15H,2,7-9H2,1H3,(H,16,17). The van der Waals surface area contributed by atoms with E-state index in [0.29, 0.717) is 23.9 Å². The Balaban J connectivity index is 2.22. The highest BCUT2D eigenvalue weighted by molar-refractivity contribution is 6.33. The van der Waals surface area contributed by atoms with E-state index < -0.39 is 0 Å². The molecule has 0 heterocycles. The van der Waals surface area contributed by atoms with Gasteiger partial charge in [-0.1, -0.05) is 23.7 Å². The topological polar surface area (TPSA) is 67.4 Å². The molecule has 2 N–H and O–H groups in total. The lowest BCUT2D eigenvalue weighted by Gasteiger charge is -2.07. The quantitative estimate of drug-likeness (QED) is 0.592. The first kappa shape index (κ1) is 15.5. The van der Waals surface area contributed by atoms with Gasteiger partial charge in [0, 0.05) is 6.54 Å². The summed E-state index contributed by atoms with van der Waals surface area (Å²) in [6.45, 7) is 2.63. The molecule has 0 aromatic heterocycles. The summed E-state index contributed by atoms with van der Waals surface area (Å²) < 4.78 is 4.76. The Hall–Kier alpha value is -1.59. The van der Waals surface area contributed by atoms with E-state index in [1.54, 1.807) is 31.2 Å². The average molecular weight is 285 g/mol. The molecule has 0 unspecified atom stereocenters. The molecular weight excluding hydrogens is 268 g/mol. The molecule has 19 heavy (non-hydrogen) atoms. The van der Waals surface area contributed by atoms with Crippen LogP contribution in [0.25, 0.3) is 0 Å². The number of benzene rings is 1. The Morgan fingerprint density at radius 2 is 2.05 bits per heavy atom. The molecule has 0 saturated carbocycles. The largest absolute Gasteiger partial charge is 0.466 e. The normalized spacial score (nSPS) is 10.0. The number of rotatable bonds is 7. The second kappa shape index (κ2) is 8.50. The van der Waals surface area contributed by atoms with Crippen LogP contribution in [0.2, 0.25) is 5.02 Å². The number of carbonyl (C=O) groups is 2. The molecule has 1 rings (SSSR count). The minimum absolute atomic E-state index is 0.116. The number of para-hydroxylation sites is 1. The number of halogens is 1. The van der Waals surface area contributed by atoms with Crippen LogP contribution in [0.15, 0.2) is 24.3 Å². The van der Waals surface area contributed by atoms with Crippen molar-refractivity contribution in [3.8, 4) is 0 Å². The van der Waals surface area contributed by atoms with Gasteiger partial charge in [-0.05, 0) is 19.1 Å². The number of hydrogen-bond donors (Lipinski definition) is 2. The number of ether oxygens (including phenoxy) is 1. The van der Waals surface area contributed by atoms with Gasteiger partial charge in [0.05, 0.1) is 30.3 Å². The minimum Gasteiger partial charge on any atom is -0.466 e. The molecule has 1 aromatic rings. The molecule has 0 aliphatic rings. The van der Waals surface area contributed by atoms with Gasteiger partial charge < -0.3 is 15.4 Å². The van der Waals surface area contributed by atoms with Gasteiger partial charge in [-0.3, -0.25) is 9.59 Å². The molecule has 1 aromatic carbocycles. The van der Waals surface area contributed by atoms with Crippen LogP contribution >= 0.6 is 11.6 Å². The van der Waals surface area contributed by atoms with Crippen LogP contribution in [0.1, 0.15) is 13.3 Å². The Labute approximate surface area is 117 Å². The summed E-state index contributed by atoms with van der Waals surface area (Å²) in [6.07, 6.45) is 0.243. The number of carbonyl (C=O) groups excluding carboxylic acids is 2. The lowest BCUT2D eigenvalue weighted by molar-refractivity contribution is -0.143. The van der Waals surface area contributed by atoms with Crippen molar-refractivity contribution in [2.24, 2.45) is 0 Å². The second-order valence-electron chi connectivity index (χ2n) is 3.76. The zero-order valence-electron chi connectivity index (χ0n) is 10.7. The van der Waals surface area contributed by atoms with E-state index >= 15 is 0 Å². The van der Waals surface area contributed by atoms with Gasteiger partial charge in [0.1, 0.15) is 0 Å². The fraction of sp³-hybridized carbons (Fsp3) is 0.385. The maximum Gasteiger partial charge on any atom is 0.307 e. The molecule has 0 aliphatic carbocycles. The fourth-order valence-electron chi connectivity index (χ4n) is 1.38. The Kier molecular flexibility index (Phi) is 6.92. The van der Waals surface area contributed by atoms with Crippen molar-refractivity contribution < 1.29 is 14.3 Å². The highest BCUT2D eigenvalue weighted by atomic mass is 35.5. The maximum atomic E-state index is 11.6. The van der Waals surface area contributed by atoms with Gasteiger partial charge in [-0.15, -0.1) is 0 Å². The smallest absolute Gasteiger partial charge is 0.307 e. The number of amides is 1. The average Bonchev–Trinajstić information content (AvgIpc) is 2.38. The van der Waals surface area contributed by atoms with Gasteiger partial charge in [0.15, 0.2) is 0 Å². The molecule has 0 fully saturated rings. The first-order chi connectivity index (χ1) is 9.13. The number of anilines is 1. The third-order valence-electron chi connectivity index (χ3n) is 2.24. The Morgan fingerprint density at radius 3 is 2.74 bits per heavy atom. The van der Waals surface area contributed by atoms with Crippen molar-refractivity contribution in [3.63, 3.8) is 0 Å². The van der Waals surface area contributed by atoms with E-state index in [4.69, 9.17) is 16.3 Å². The monoisotopic (exact) mass is 284 g/mol. The van der Waals surface area contributed by atoms with Crippen LogP contribution in [-0.4, -0.2) is 31.6 Å². The summed E-state index contributed by atoms with van der Waals surface area (Å²) in [7, 11) is 0. The van der Waals surface area contributed by atoms with Gasteiger partial charge in [-0.2, -0.15) is 0 Å². The molecule has 0 aliphatic heterocycles. The SMILES string of the molecule is CCOC(=O)CCNCC(=O)Nc1ccccc1Cl. The van der Waals surface area contributed by atoms with Crippen LogP contribution in [0.4, 0.5) is 5.69 Å². The zero-order chi connectivity index (χ0) is 14.1. The highest BCUT2D eigenvalue weighted by Crippen LogP contribution is 2.19. The molecule has 6 heteroatoms. The van der Waals surface area contributed by atoms with E-state index in [9.17, 15) is 9.59 Å². The molecule has 0 spiro atoms. The lowest BCUT2D eigenvalue weighted by atomic mass is 10.3. The predicted octanol–water partition coefficient (Wildman–Crippen LogP) is 1.82. The number of esters is 1. The van der Waals surface area contributed by atoms with Gasteiger partial charge in [0.25, 0.3) is 0 Å². The lowest BCUT2D eigenvalue weighted by Crippen LogP contribution is -2.30. The fourth-order valence-corrected chi connectivity index (χ4v) is 1.57. The molecule has 0 saturated heterocycles. The molecule has 5 nitrogen and oxygen atoms in total. The molecule has 104 valence electrons. The second-order valence-corrected chi connectivity index (χ2v) is 4.17. The first-order valence-electron chi connectivity index (χ1n) is 6.04. The molecule has 0 atom stereocenters. The van der Waals surface area contributed by atoms with Crippen molar-refractivity contribution in [1.82, 2.24) is 5.32 Å². The third kappa shape index (κ3) is 6.22. The van der Waals surface area contributed by atoms with E-state index in [2.05, 4.69) is 10.6 Å². The van der Waals surface area contributed by atoms with E-state index in [1.165, 1.54) is 0 Å². The van der Waals surface area contributed by atoms with Crippen LogP contribution < -0.4 is 10.6 Å². The Bertz CT molecular complexity index is 438. The van der Waals surface area contributed by atoms with Crippen molar-refractivity contribution in [3.05, 3.63) is 29.3 Å². The molecular formula is C13H17ClN2O3. The minimum atomic E-state index is -0.276. The highest BCUT2D eigenvalue weighted by Gasteiger charge is 2.05. The van der Waals surface area contributed by atoms with Gasteiger partial charge in [-0.25, -0.2) is 0 Å². The number of nitrogens with one attached hydrogen (secondary N) is 2. The van der Waals surface area contributed by atoms with Crippen LogP contribution in [0, 0.1) is 0 Å². The maximum absolute atomic E-state index is 11.6. The summed E-state index contributed by atoms with van der Waals surface area (Å²) in [5.74, 6) is -0.488. The van der Waals surface area contributed by atoms with Crippen molar-refractivity contribution in [2.45, 2.75) is 13.3 Å². The first-order valence-corrected chi connectivity index (χ1v) is 6.42. The summed E-state index contributed by atoms with van der Waals surface area (Å²) in [4.78, 5) is 22.6. The van der Waals surface area contributed by atoms with E-state index in [1.807, 2.05) is 0 Å². The molecule has 1 amide bonds. The Morgan fingerprint density at radius 1 is 1.32 bits per heavy atom. The zero-order valence-corrected chi connectivity index (χ0v) is 11.5. The third-order valence-corrected chi connectivity index (χ3v) is 2.57. The number of hydrogen-bond acceptors (Lipinski definition) is 4. The summed E-state index contributed by atoms with van der Waals surface area (Å²) in [5, 5.41) is 6.02. The van der Waals surface area contributed by atoms with E-state index in [0.717, 1.165) is 0 Å². The van der Waals surface area contributed by atoms with Crippen molar-refractivity contribution in [2.75, 3.05) is 25.0 Å². The van der Waals surface area contributed by atoms with E-state index in [-0.39, 0.29) is 24.8 Å². The van der Waals surface area contributed by atoms with Crippen molar-refractivity contribution in [1.29, 1.82) is 0 Å². The summed E-state index contributed by atoms with van der Waals surface area (Å²) in [5.41, 5.74) is 0.571. The van der Waals surface area contributed by atoms with Gasteiger partial charge in [0.2, 0.25) is 5.91 Å². The summed E-state index contributed by atoms with van der Waals surface area (Å²) in [6, 6.07) is 7.00. The van der Waals surface area contributed by atoms with Gasteiger partial charge >= 0.3 is 5.97 Å². The van der Waals surface area contributed by atoms with Crippen LogP contribution in [0.3, 0.4) is 0 Å². The predicted molar refractivity (Wildman–Crippen MR) is 74.2 cm³/mol.